The van der Waals surface area contributed by atoms with E-state index in [-0.39, 0.29) is 0 Å². The lowest BCUT2D eigenvalue weighted by Gasteiger charge is -2.30. The number of rotatable bonds is 11. The smallest absolute Gasteiger partial charge is 0.398 e. The Balaban J connectivity index is 2.60. The number of hydrogen-bond donors (Lipinski definition) is 0. The molecule has 0 heterocycles. The molecule has 0 aromatic heterocycles. The van der Waals surface area contributed by atoms with E-state index in [0.29, 0.717) is 0 Å². The molecule has 22 heavy (non-hydrogen) atoms. The van der Waals surface area contributed by atoms with Crippen LogP contribution in [0.15, 0.2) is 18.2 Å². The van der Waals surface area contributed by atoms with Gasteiger partial charge in [0.25, 0.3) is 0 Å². The molecule has 0 N–H and O–H groups in total. The van der Waals surface area contributed by atoms with Gasteiger partial charge in [-0.25, -0.2) is 0 Å². The lowest BCUT2D eigenvalue weighted by Crippen LogP contribution is -2.44. The first kappa shape index (κ1) is 19.2. The van der Waals surface area contributed by atoms with Gasteiger partial charge in [-0.3, -0.25) is 0 Å². The zero-order chi connectivity index (χ0) is 16.4. The fraction of sp³-hybridized carbons (Fsp3) is 0.684. The highest BCUT2D eigenvalue weighted by Gasteiger charge is 2.36. The molecule has 0 fully saturated rings. The first-order chi connectivity index (χ1) is 10.6. The maximum atomic E-state index is 6.46. The maximum Gasteiger partial charge on any atom is 0.398 e. The Hall–Kier alpha value is -0.803. The summed E-state index contributed by atoms with van der Waals surface area (Å²) in [4.78, 5) is 0. The zero-order valence-electron chi connectivity index (χ0n) is 15.2. The third kappa shape index (κ3) is 6.13. The van der Waals surface area contributed by atoms with Gasteiger partial charge in [0.15, 0.2) is 0 Å². The molecule has 1 aromatic rings. The van der Waals surface area contributed by atoms with Gasteiger partial charge in [0.05, 0.1) is 0 Å². The zero-order valence-corrected chi connectivity index (χ0v) is 16.2. The van der Waals surface area contributed by atoms with E-state index < -0.39 is 8.56 Å². The summed E-state index contributed by atoms with van der Waals surface area (Å²) in [7, 11) is -2.11. The van der Waals surface area contributed by atoms with Crippen molar-refractivity contribution < 1.29 is 8.85 Å². The Morgan fingerprint density at radius 2 is 1.59 bits per heavy atom. The molecule has 0 atom stereocenters. The molecule has 1 aromatic carbocycles. The molecule has 0 aliphatic heterocycles. The Morgan fingerprint density at radius 1 is 0.909 bits per heavy atom. The van der Waals surface area contributed by atoms with Crippen LogP contribution in [-0.2, 0) is 4.43 Å². The molecule has 3 heteroatoms. The van der Waals surface area contributed by atoms with E-state index in [1.165, 1.54) is 36.8 Å². The molecule has 0 saturated carbocycles. The quantitative estimate of drug-likeness (QED) is 0.359. The van der Waals surface area contributed by atoms with Crippen molar-refractivity contribution in [2.45, 2.75) is 78.8 Å². The van der Waals surface area contributed by atoms with Gasteiger partial charge in [-0.05, 0) is 49.5 Å². The van der Waals surface area contributed by atoms with Crippen LogP contribution in [0.3, 0.4) is 0 Å². The first-order valence-corrected chi connectivity index (χ1v) is 11.2. The summed E-state index contributed by atoms with van der Waals surface area (Å²) in [5.41, 5.74) is 2.45. The fourth-order valence-corrected chi connectivity index (χ4v) is 5.00. The monoisotopic (exact) mass is 322 g/mol. The van der Waals surface area contributed by atoms with Gasteiger partial charge >= 0.3 is 8.56 Å². The highest BCUT2D eigenvalue weighted by molar-refractivity contribution is 6.68. The number of unbranched alkanes of at least 4 members (excludes halogenated alkanes) is 4. The van der Waals surface area contributed by atoms with Crippen LogP contribution in [0.2, 0.25) is 12.1 Å². The maximum absolute atomic E-state index is 6.46. The van der Waals surface area contributed by atoms with Crippen molar-refractivity contribution in [1.29, 1.82) is 0 Å². The minimum Gasteiger partial charge on any atom is -0.520 e. The van der Waals surface area contributed by atoms with E-state index in [0.717, 1.165) is 30.9 Å². The van der Waals surface area contributed by atoms with Gasteiger partial charge in [0, 0.05) is 6.61 Å². The Labute approximate surface area is 138 Å². The van der Waals surface area contributed by atoms with Gasteiger partial charge in [0.2, 0.25) is 0 Å². The second-order valence-electron chi connectivity index (χ2n) is 6.25. The first-order valence-electron chi connectivity index (χ1n) is 8.97. The van der Waals surface area contributed by atoms with Crippen LogP contribution in [0.4, 0.5) is 0 Å². The van der Waals surface area contributed by atoms with Crippen molar-refractivity contribution >= 4 is 8.56 Å². The van der Waals surface area contributed by atoms with Crippen LogP contribution in [0, 0.1) is 13.8 Å². The van der Waals surface area contributed by atoms with Crippen molar-refractivity contribution in [2.75, 3.05) is 6.61 Å². The second-order valence-corrected chi connectivity index (χ2v) is 9.98. The number of hydrogen-bond acceptors (Lipinski definition) is 2. The molecule has 0 saturated heterocycles. The van der Waals surface area contributed by atoms with Crippen LogP contribution in [0.25, 0.3) is 0 Å². The molecule has 0 aliphatic rings. The largest absolute Gasteiger partial charge is 0.520 e. The summed E-state index contributed by atoms with van der Waals surface area (Å²) in [6.45, 7) is 11.7. The SMILES string of the molecule is CCCCCCCO[Si](CC)(CC)Oc1cc(C)ccc1C. The minimum absolute atomic E-state index is 0.850. The predicted octanol–water partition coefficient (Wildman–Crippen LogP) is 6.15. The third-order valence-electron chi connectivity index (χ3n) is 4.33. The van der Waals surface area contributed by atoms with Crippen LogP contribution < -0.4 is 4.43 Å². The van der Waals surface area contributed by atoms with Crippen molar-refractivity contribution in [3.63, 3.8) is 0 Å². The van der Waals surface area contributed by atoms with Crippen LogP contribution in [0.1, 0.15) is 64.0 Å². The summed E-state index contributed by atoms with van der Waals surface area (Å²) < 4.78 is 12.8. The average molecular weight is 323 g/mol. The topological polar surface area (TPSA) is 18.5 Å². The van der Waals surface area contributed by atoms with E-state index in [1.54, 1.807) is 0 Å². The number of aryl methyl sites for hydroxylation is 2. The Kier molecular flexibility index (Phi) is 8.80. The van der Waals surface area contributed by atoms with Crippen molar-refractivity contribution in [3.05, 3.63) is 29.3 Å². The standard InChI is InChI=1S/C19H34O2Si/c1-6-9-10-11-12-15-20-22(7-2,8-3)21-19-16-17(4)13-14-18(19)5/h13-14,16H,6-12,15H2,1-5H3. The van der Waals surface area contributed by atoms with Crippen molar-refractivity contribution in [2.24, 2.45) is 0 Å². The predicted molar refractivity (Wildman–Crippen MR) is 98.0 cm³/mol. The molecule has 1 rings (SSSR count). The summed E-state index contributed by atoms with van der Waals surface area (Å²) in [6, 6.07) is 8.43. The fourth-order valence-electron chi connectivity index (χ4n) is 2.61. The lowest BCUT2D eigenvalue weighted by atomic mass is 10.1. The van der Waals surface area contributed by atoms with E-state index in [9.17, 15) is 0 Å². The van der Waals surface area contributed by atoms with E-state index in [4.69, 9.17) is 8.85 Å². The van der Waals surface area contributed by atoms with Crippen LogP contribution in [-0.4, -0.2) is 15.2 Å². The molecule has 0 amide bonds. The Bertz CT molecular complexity index is 427. The molecule has 0 aliphatic carbocycles. The highest BCUT2D eigenvalue weighted by atomic mass is 28.4. The van der Waals surface area contributed by atoms with Crippen LogP contribution >= 0.6 is 0 Å². The lowest BCUT2D eigenvalue weighted by molar-refractivity contribution is 0.230. The molecular weight excluding hydrogens is 288 g/mol. The van der Waals surface area contributed by atoms with Gasteiger partial charge in [-0.15, -0.1) is 0 Å². The highest BCUT2D eigenvalue weighted by Crippen LogP contribution is 2.27. The van der Waals surface area contributed by atoms with Gasteiger partial charge < -0.3 is 8.85 Å². The summed E-state index contributed by atoms with van der Waals surface area (Å²) >= 11 is 0. The van der Waals surface area contributed by atoms with E-state index in [2.05, 4.69) is 52.8 Å². The molecule has 0 unspecified atom stereocenters. The third-order valence-corrected chi connectivity index (χ3v) is 7.81. The van der Waals surface area contributed by atoms with Gasteiger partial charge in [-0.1, -0.05) is 58.6 Å². The van der Waals surface area contributed by atoms with E-state index >= 15 is 0 Å². The molecule has 0 spiro atoms. The molecule has 126 valence electrons. The van der Waals surface area contributed by atoms with Crippen LogP contribution in [0.5, 0.6) is 5.75 Å². The average Bonchev–Trinajstić information content (AvgIpc) is 2.53. The normalized spacial score (nSPS) is 11.7. The number of benzene rings is 1. The van der Waals surface area contributed by atoms with Crippen molar-refractivity contribution in [1.82, 2.24) is 0 Å². The summed E-state index contributed by atoms with van der Waals surface area (Å²) in [5, 5.41) is 0. The Morgan fingerprint density at radius 3 is 2.23 bits per heavy atom. The molecular formula is C19H34O2Si. The minimum atomic E-state index is -2.11. The van der Waals surface area contributed by atoms with Crippen molar-refractivity contribution in [3.8, 4) is 5.75 Å². The molecule has 2 nitrogen and oxygen atoms in total. The second kappa shape index (κ2) is 10.1. The van der Waals surface area contributed by atoms with Gasteiger partial charge in [-0.2, -0.15) is 0 Å². The summed E-state index contributed by atoms with van der Waals surface area (Å²) in [6.07, 6.45) is 6.38. The molecule has 0 radical (unpaired) electrons. The molecule has 0 bridgehead atoms. The van der Waals surface area contributed by atoms with E-state index in [1.807, 2.05) is 0 Å². The van der Waals surface area contributed by atoms with Gasteiger partial charge in [0.1, 0.15) is 5.75 Å². The summed E-state index contributed by atoms with van der Waals surface area (Å²) in [5.74, 6) is 1.02.